The van der Waals surface area contributed by atoms with Crippen molar-refractivity contribution in [3.8, 4) is 0 Å². The van der Waals surface area contributed by atoms with Gasteiger partial charge in [0.25, 0.3) is 0 Å². The van der Waals surface area contributed by atoms with Gasteiger partial charge in [-0.25, -0.2) is 0 Å². The van der Waals surface area contributed by atoms with Gasteiger partial charge >= 0.3 is 0 Å². The van der Waals surface area contributed by atoms with Crippen LogP contribution in [0.4, 0.5) is 5.82 Å². The summed E-state index contributed by atoms with van der Waals surface area (Å²) in [5.74, 6) is 1.18. The summed E-state index contributed by atoms with van der Waals surface area (Å²) in [5, 5.41) is 11.7. The van der Waals surface area contributed by atoms with Crippen LogP contribution in [0.1, 0.15) is 30.5 Å². The molecule has 2 fully saturated rings. The van der Waals surface area contributed by atoms with E-state index in [0.29, 0.717) is 6.04 Å². The van der Waals surface area contributed by atoms with Crippen molar-refractivity contribution >= 4 is 11.7 Å². The molecule has 0 spiro atoms. The number of nitrogens with zero attached hydrogens (tertiary/aromatic N) is 4. The number of nitrogens with one attached hydrogen (secondary N) is 1. The molecule has 2 saturated heterocycles. The first-order valence-electron chi connectivity index (χ1n) is 8.32. The van der Waals surface area contributed by atoms with Gasteiger partial charge in [0.05, 0.1) is 11.7 Å². The van der Waals surface area contributed by atoms with E-state index in [1.54, 1.807) is 0 Å². The SMILES string of the molecule is CN(C1CN(c2cc3c(nn2)CCC3)C1)C1CCCNC1=O. The Morgan fingerprint density at radius 3 is 2.95 bits per heavy atom. The molecule has 3 aliphatic rings. The van der Waals surface area contributed by atoms with E-state index in [0.717, 1.165) is 51.1 Å². The average Bonchev–Trinajstić information content (AvgIpc) is 2.93. The van der Waals surface area contributed by atoms with Crippen molar-refractivity contribution in [3.63, 3.8) is 0 Å². The molecule has 1 aromatic rings. The standard InChI is InChI=1S/C16H23N5O/c1-20(14-6-3-7-17-16(14)22)12-9-21(10-12)15-8-11-4-2-5-13(11)18-19-15/h8,12,14H,2-7,9-10H2,1H3,(H,17,22). The van der Waals surface area contributed by atoms with Crippen molar-refractivity contribution in [3.05, 3.63) is 17.3 Å². The van der Waals surface area contributed by atoms with Crippen LogP contribution in [0, 0.1) is 0 Å². The number of fused-ring (bicyclic) bond motifs is 1. The molecule has 1 N–H and O–H groups in total. The second kappa shape index (κ2) is 5.50. The fraction of sp³-hybridized carbons (Fsp3) is 0.688. The zero-order chi connectivity index (χ0) is 15.1. The lowest BCUT2D eigenvalue weighted by Gasteiger charge is -2.47. The molecule has 0 aromatic carbocycles. The van der Waals surface area contributed by atoms with Crippen LogP contribution in [0.15, 0.2) is 6.07 Å². The van der Waals surface area contributed by atoms with Crippen LogP contribution in [-0.4, -0.2) is 59.8 Å². The Balaban J connectivity index is 1.38. The van der Waals surface area contributed by atoms with Crippen LogP contribution in [0.5, 0.6) is 0 Å². The normalized spacial score (nSPS) is 25.1. The lowest BCUT2D eigenvalue weighted by molar-refractivity contribution is -0.128. The number of anilines is 1. The van der Waals surface area contributed by atoms with E-state index in [2.05, 4.69) is 38.4 Å². The number of piperidine rings is 1. The van der Waals surface area contributed by atoms with Crippen LogP contribution >= 0.6 is 0 Å². The summed E-state index contributed by atoms with van der Waals surface area (Å²) in [5.41, 5.74) is 2.55. The highest BCUT2D eigenvalue weighted by atomic mass is 16.2. The van der Waals surface area contributed by atoms with E-state index in [4.69, 9.17) is 0 Å². The fourth-order valence-electron chi connectivity index (χ4n) is 3.77. The number of rotatable bonds is 3. The van der Waals surface area contributed by atoms with Gasteiger partial charge < -0.3 is 10.2 Å². The lowest BCUT2D eigenvalue weighted by Crippen LogP contribution is -2.63. The number of likely N-dealkylation sites (N-methyl/N-ethyl adjacent to an activating group) is 1. The number of hydrogen-bond donors (Lipinski definition) is 1. The van der Waals surface area contributed by atoms with Crippen molar-refractivity contribution in [2.45, 2.75) is 44.2 Å². The molecule has 4 rings (SSSR count). The van der Waals surface area contributed by atoms with Gasteiger partial charge in [0, 0.05) is 25.7 Å². The zero-order valence-electron chi connectivity index (χ0n) is 13.1. The summed E-state index contributed by atoms with van der Waals surface area (Å²) in [6.45, 7) is 2.70. The Hall–Kier alpha value is -1.69. The molecule has 1 unspecified atom stereocenters. The van der Waals surface area contributed by atoms with E-state index < -0.39 is 0 Å². The molecule has 0 bridgehead atoms. The predicted octanol–water partition coefficient (Wildman–Crippen LogP) is 0.364. The maximum Gasteiger partial charge on any atom is 0.237 e. The summed E-state index contributed by atoms with van der Waals surface area (Å²) < 4.78 is 0. The van der Waals surface area contributed by atoms with Gasteiger partial charge in [0.15, 0.2) is 5.82 Å². The number of aryl methyl sites for hydroxylation is 2. The Kier molecular flexibility index (Phi) is 3.48. The van der Waals surface area contributed by atoms with Crippen molar-refractivity contribution in [1.82, 2.24) is 20.4 Å². The van der Waals surface area contributed by atoms with Crippen LogP contribution in [0.2, 0.25) is 0 Å². The quantitative estimate of drug-likeness (QED) is 0.874. The van der Waals surface area contributed by atoms with Gasteiger partial charge in [-0.3, -0.25) is 9.69 Å². The maximum absolute atomic E-state index is 12.0. The molecule has 2 aliphatic heterocycles. The third kappa shape index (κ3) is 2.35. The first kappa shape index (κ1) is 13.9. The first-order valence-corrected chi connectivity index (χ1v) is 8.32. The van der Waals surface area contributed by atoms with Crippen LogP contribution < -0.4 is 10.2 Å². The third-order valence-corrected chi connectivity index (χ3v) is 5.32. The number of carbonyl (C=O) groups excluding carboxylic acids is 1. The van der Waals surface area contributed by atoms with Crippen LogP contribution in [0.25, 0.3) is 0 Å². The molecule has 0 radical (unpaired) electrons. The molecule has 1 amide bonds. The zero-order valence-corrected chi connectivity index (χ0v) is 13.1. The summed E-state index contributed by atoms with van der Waals surface area (Å²) in [6, 6.07) is 2.68. The van der Waals surface area contributed by atoms with Crippen LogP contribution in [0.3, 0.4) is 0 Å². The van der Waals surface area contributed by atoms with Gasteiger partial charge in [-0.15, -0.1) is 5.10 Å². The van der Waals surface area contributed by atoms with Gasteiger partial charge in [-0.2, -0.15) is 5.10 Å². The van der Waals surface area contributed by atoms with Gasteiger partial charge in [-0.1, -0.05) is 0 Å². The number of carbonyl (C=O) groups is 1. The topological polar surface area (TPSA) is 61.4 Å². The van der Waals surface area contributed by atoms with Crippen molar-refractivity contribution in [2.24, 2.45) is 0 Å². The Morgan fingerprint density at radius 2 is 2.14 bits per heavy atom. The minimum atomic E-state index is 0.0343. The minimum Gasteiger partial charge on any atom is -0.355 e. The summed E-state index contributed by atoms with van der Waals surface area (Å²) >= 11 is 0. The van der Waals surface area contributed by atoms with Gasteiger partial charge in [0.2, 0.25) is 5.91 Å². The Bertz CT molecular complexity index is 584. The molecule has 3 heterocycles. The van der Waals surface area contributed by atoms with Crippen molar-refractivity contribution in [1.29, 1.82) is 0 Å². The number of amides is 1. The van der Waals surface area contributed by atoms with Gasteiger partial charge in [-0.05, 0) is 50.8 Å². The highest BCUT2D eigenvalue weighted by Gasteiger charge is 2.37. The van der Waals surface area contributed by atoms with E-state index in [-0.39, 0.29) is 11.9 Å². The molecule has 22 heavy (non-hydrogen) atoms. The highest BCUT2D eigenvalue weighted by molar-refractivity contribution is 5.82. The van der Waals surface area contributed by atoms with E-state index in [1.807, 2.05) is 0 Å². The Morgan fingerprint density at radius 1 is 1.27 bits per heavy atom. The monoisotopic (exact) mass is 301 g/mol. The van der Waals surface area contributed by atoms with E-state index in [1.165, 1.54) is 17.7 Å². The largest absolute Gasteiger partial charge is 0.355 e. The van der Waals surface area contributed by atoms with E-state index in [9.17, 15) is 4.79 Å². The van der Waals surface area contributed by atoms with Gasteiger partial charge in [0.1, 0.15) is 0 Å². The molecule has 1 aliphatic carbocycles. The minimum absolute atomic E-state index is 0.0343. The highest BCUT2D eigenvalue weighted by Crippen LogP contribution is 2.27. The summed E-state index contributed by atoms with van der Waals surface area (Å²) in [7, 11) is 2.08. The number of hydrogen-bond acceptors (Lipinski definition) is 5. The van der Waals surface area contributed by atoms with Crippen LogP contribution in [-0.2, 0) is 17.6 Å². The molecular formula is C16H23N5O. The fourth-order valence-corrected chi connectivity index (χ4v) is 3.77. The molecule has 0 saturated carbocycles. The maximum atomic E-state index is 12.0. The van der Waals surface area contributed by atoms with E-state index >= 15 is 0 Å². The second-order valence-corrected chi connectivity index (χ2v) is 6.70. The first-order chi connectivity index (χ1) is 10.7. The molecule has 1 aromatic heterocycles. The number of aromatic nitrogens is 2. The summed E-state index contributed by atoms with van der Waals surface area (Å²) in [6.07, 6.45) is 5.46. The smallest absolute Gasteiger partial charge is 0.237 e. The molecular weight excluding hydrogens is 278 g/mol. The average molecular weight is 301 g/mol. The Labute approximate surface area is 130 Å². The van der Waals surface area contributed by atoms with Crippen molar-refractivity contribution < 1.29 is 4.79 Å². The summed E-state index contributed by atoms with van der Waals surface area (Å²) in [4.78, 5) is 16.5. The second-order valence-electron chi connectivity index (χ2n) is 6.70. The molecule has 6 heteroatoms. The molecule has 6 nitrogen and oxygen atoms in total. The predicted molar refractivity (Wildman–Crippen MR) is 83.9 cm³/mol. The molecule has 118 valence electrons. The molecule has 1 atom stereocenters. The van der Waals surface area contributed by atoms with Crippen molar-refractivity contribution in [2.75, 3.05) is 31.6 Å². The third-order valence-electron chi connectivity index (χ3n) is 5.32. The lowest BCUT2D eigenvalue weighted by atomic mass is 10.00.